The van der Waals surface area contributed by atoms with Gasteiger partial charge in [-0.3, -0.25) is 4.79 Å². The number of nitrogens with one attached hydrogen (secondary N) is 2. The van der Waals surface area contributed by atoms with Crippen LogP contribution in [0.3, 0.4) is 0 Å². The van der Waals surface area contributed by atoms with E-state index in [1.165, 1.54) is 11.9 Å². The molecule has 5 nitrogen and oxygen atoms in total. The Balaban J connectivity index is 1.79. The van der Waals surface area contributed by atoms with E-state index in [-0.39, 0.29) is 5.91 Å². The summed E-state index contributed by atoms with van der Waals surface area (Å²) in [6, 6.07) is 12.8. The lowest BCUT2D eigenvalue weighted by Gasteiger charge is -2.17. The van der Waals surface area contributed by atoms with Gasteiger partial charge in [-0.15, -0.1) is 0 Å². The van der Waals surface area contributed by atoms with Gasteiger partial charge in [0.15, 0.2) is 5.17 Å². The van der Waals surface area contributed by atoms with Crippen molar-refractivity contribution >= 4 is 51.9 Å². The van der Waals surface area contributed by atoms with Gasteiger partial charge in [-0.05, 0) is 47.8 Å². The summed E-state index contributed by atoms with van der Waals surface area (Å²) >= 11 is 13.5. The molecule has 1 saturated heterocycles. The number of amides is 1. The van der Waals surface area contributed by atoms with Crippen molar-refractivity contribution in [2.45, 2.75) is 6.54 Å². The van der Waals surface area contributed by atoms with Crippen LogP contribution < -0.4 is 10.0 Å². The molecule has 25 heavy (non-hydrogen) atoms. The Morgan fingerprint density at radius 1 is 1.28 bits per heavy atom. The number of rotatable bonds is 4. The topological polar surface area (TPSA) is 56.7 Å². The SMILES string of the molecule is CNC(=O)c1cccc(CN2CNS/C2=N\c2ccc(Cl)c(Cl)c2)c1. The number of amidine groups is 1. The third-order valence-corrected chi connectivity index (χ3v) is 5.15. The van der Waals surface area contributed by atoms with Gasteiger partial charge in [0.25, 0.3) is 5.91 Å². The predicted molar refractivity (Wildman–Crippen MR) is 105 cm³/mol. The maximum Gasteiger partial charge on any atom is 0.251 e. The lowest BCUT2D eigenvalue weighted by atomic mass is 10.1. The largest absolute Gasteiger partial charge is 0.355 e. The monoisotopic (exact) mass is 394 g/mol. The zero-order chi connectivity index (χ0) is 17.8. The van der Waals surface area contributed by atoms with E-state index in [0.29, 0.717) is 28.8 Å². The zero-order valence-electron chi connectivity index (χ0n) is 13.4. The van der Waals surface area contributed by atoms with Crippen LogP contribution in [0.2, 0.25) is 10.0 Å². The molecule has 8 heteroatoms. The van der Waals surface area contributed by atoms with Crippen molar-refractivity contribution in [1.29, 1.82) is 0 Å². The van der Waals surface area contributed by atoms with E-state index in [0.717, 1.165) is 16.4 Å². The summed E-state index contributed by atoms with van der Waals surface area (Å²) in [5.41, 5.74) is 2.42. The first kappa shape index (κ1) is 18.1. The minimum atomic E-state index is -0.0968. The molecule has 0 unspecified atom stereocenters. The van der Waals surface area contributed by atoms with Crippen molar-refractivity contribution in [1.82, 2.24) is 14.9 Å². The molecule has 0 bridgehead atoms. The third-order valence-electron chi connectivity index (χ3n) is 3.61. The second-order valence-electron chi connectivity index (χ2n) is 5.37. The molecule has 0 atom stereocenters. The average Bonchev–Trinajstić information content (AvgIpc) is 3.04. The molecule has 0 spiro atoms. The first-order valence-corrected chi connectivity index (χ1v) is 9.13. The van der Waals surface area contributed by atoms with Crippen LogP contribution in [-0.2, 0) is 6.54 Å². The summed E-state index contributed by atoms with van der Waals surface area (Å²) in [6.45, 7) is 1.31. The van der Waals surface area contributed by atoms with Gasteiger partial charge in [0.2, 0.25) is 0 Å². The van der Waals surface area contributed by atoms with Crippen LogP contribution in [0, 0.1) is 0 Å². The van der Waals surface area contributed by atoms with E-state index < -0.39 is 0 Å². The highest BCUT2D eigenvalue weighted by atomic mass is 35.5. The van der Waals surface area contributed by atoms with Crippen LogP contribution in [0.15, 0.2) is 47.5 Å². The summed E-state index contributed by atoms with van der Waals surface area (Å²) in [4.78, 5) is 18.5. The van der Waals surface area contributed by atoms with E-state index in [1.807, 2.05) is 24.3 Å². The highest BCUT2D eigenvalue weighted by molar-refractivity contribution is 8.12. The van der Waals surface area contributed by atoms with E-state index in [4.69, 9.17) is 23.2 Å². The lowest BCUT2D eigenvalue weighted by Crippen LogP contribution is -2.25. The molecule has 0 aliphatic carbocycles. The molecule has 1 aliphatic heterocycles. The van der Waals surface area contributed by atoms with Gasteiger partial charge >= 0.3 is 0 Å². The molecule has 0 radical (unpaired) electrons. The van der Waals surface area contributed by atoms with E-state index in [9.17, 15) is 4.79 Å². The number of benzene rings is 2. The third kappa shape index (κ3) is 4.46. The molecule has 3 rings (SSSR count). The molecule has 1 fully saturated rings. The van der Waals surface area contributed by atoms with Crippen LogP contribution in [0.25, 0.3) is 0 Å². The summed E-state index contributed by atoms with van der Waals surface area (Å²) in [5.74, 6) is -0.0968. The van der Waals surface area contributed by atoms with Crippen LogP contribution in [0.5, 0.6) is 0 Å². The quantitative estimate of drug-likeness (QED) is 0.767. The van der Waals surface area contributed by atoms with Crippen molar-refractivity contribution in [2.24, 2.45) is 4.99 Å². The van der Waals surface area contributed by atoms with Crippen molar-refractivity contribution < 1.29 is 4.79 Å². The summed E-state index contributed by atoms with van der Waals surface area (Å²) in [6.07, 6.45) is 0. The summed E-state index contributed by atoms with van der Waals surface area (Å²) < 4.78 is 3.21. The maximum absolute atomic E-state index is 11.8. The van der Waals surface area contributed by atoms with Crippen LogP contribution in [-0.4, -0.2) is 29.7 Å². The molecule has 0 aromatic heterocycles. The van der Waals surface area contributed by atoms with Crippen LogP contribution in [0.1, 0.15) is 15.9 Å². The molecule has 130 valence electrons. The van der Waals surface area contributed by atoms with Gasteiger partial charge in [0.05, 0.1) is 22.4 Å². The number of carbonyl (C=O) groups is 1. The number of halogens is 2. The number of hydrogen-bond acceptors (Lipinski definition) is 4. The fraction of sp³-hybridized carbons (Fsp3) is 0.176. The van der Waals surface area contributed by atoms with Crippen LogP contribution in [0.4, 0.5) is 5.69 Å². The molecule has 0 saturated carbocycles. The number of aliphatic imine (C=N–C) groups is 1. The highest BCUT2D eigenvalue weighted by Gasteiger charge is 2.20. The summed E-state index contributed by atoms with van der Waals surface area (Å²) in [5, 5.41) is 4.46. The number of carbonyl (C=O) groups excluding carboxylic acids is 1. The van der Waals surface area contributed by atoms with Gasteiger partial charge in [-0.2, -0.15) is 0 Å². The first-order chi connectivity index (χ1) is 12.1. The minimum absolute atomic E-state index is 0.0968. The van der Waals surface area contributed by atoms with Gasteiger partial charge in [-0.25, -0.2) is 9.71 Å². The first-order valence-electron chi connectivity index (χ1n) is 7.56. The fourth-order valence-electron chi connectivity index (χ4n) is 2.36. The molecule has 2 N–H and O–H groups in total. The Bertz CT molecular complexity index is 828. The minimum Gasteiger partial charge on any atom is -0.355 e. The van der Waals surface area contributed by atoms with Gasteiger partial charge in [-0.1, -0.05) is 35.3 Å². The Hall–Kier alpha value is -1.73. The second kappa shape index (κ2) is 8.10. The fourth-order valence-corrected chi connectivity index (χ4v) is 3.42. The normalized spacial score (nSPS) is 15.6. The molecule has 2 aromatic rings. The molecule has 1 aliphatic rings. The van der Waals surface area contributed by atoms with Crippen molar-refractivity contribution in [3.8, 4) is 0 Å². The van der Waals surface area contributed by atoms with Crippen molar-refractivity contribution in [3.63, 3.8) is 0 Å². The summed E-state index contributed by atoms with van der Waals surface area (Å²) in [7, 11) is 1.62. The number of hydrogen-bond donors (Lipinski definition) is 2. The van der Waals surface area contributed by atoms with Crippen molar-refractivity contribution in [2.75, 3.05) is 13.7 Å². The Morgan fingerprint density at radius 3 is 2.88 bits per heavy atom. The lowest BCUT2D eigenvalue weighted by molar-refractivity contribution is 0.0963. The molecular formula is C17H16Cl2N4OS. The smallest absolute Gasteiger partial charge is 0.251 e. The highest BCUT2D eigenvalue weighted by Crippen LogP contribution is 2.28. The van der Waals surface area contributed by atoms with E-state index in [2.05, 4.69) is 19.9 Å². The van der Waals surface area contributed by atoms with E-state index >= 15 is 0 Å². The molecular weight excluding hydrogens is 379 g/mol. The van der Waals surface area contributed by atoms with Crippen molar-refractivity contribution in [3.05, 3.63) is 63.6 Å². The number of nitrogens with zero attached hydrogens (tertiary/aromatic N) is 2. The predicted octanol–water partition coefficient (Wildman–Crippen LogP) is 4.05. The molecule has 1 heterocycles. The molecule has 1 amide bonds. The van der Waals surface area contributed by atoms with Gasteiger partial charge < -0.3 is 10.2 Å². The molecule has 2 aromatic carbocycles. The van der Waals surface area contributed by atoms with Gasteiger partial charge in [0.1, 0.15) is 0 Å². The van der Waals surface area contributed by atoms with Gasteiger partial charge in [0, 0.05) is 19.2 Å². The maximum atomic E-state index is 11.8. The zero-order valence-corrected chi connectivity index (χ0v) is 15.8. The van der Waals surface area contributed by atoms with E-state index in [1.54, 1.807) is 25.2 Å². The Labute approximate surface area is 160 Å². The standard InChI is InChI=1S/C17H16Cl2N4OS/c1-20-16(24)12-4-2-3-11(7-12)9-23-10-21-25-17(23)22-13-5-6-14(18)15(19)8-13/h2-8,21H,9-10H2,1H3,(H,20,24)/b22-17-. The Morgan fingerprint density at radius 2 is 2.12 bits per heavy atom. The van der Waals surface area contributed by atoms with Crippen LogP contribution >= 0.6 is 35.1 Å². The average molecular weight is 395 g/mol. The Kier molecular flexibility index (Phi) is 5.86. The second-order valence-corrected chi connectivity index (χ2v) is 7.05.